The third-order valence-electron chi connectivity index (χ3n) is 3.87. The molecule has 27 heavy (non-hydrogen) atoms. The standard InChI is InChI=1S/C20H17N3O3S/c1-26-19(25)14-6-9-15(10-7-14)22-20(27)23-21-12-17-16-5-3-2-4-13(16)8-11-18(17)24/h2-12,24H,1H3,(H2,22,23,27)/b21-12+. The third kappa shape index (κ3) is 4.39. The lowest BCUT2D eigenvalue weighted by molar-refractivity contribution is 0.0601. The molecule has 136 valence electrons. The highest BCUT2D eigenvalue weighted by Crippen LogP contribution is 2.25. The van der Waals surface area contributed by atoms with Gasteiger partial charge in [-0.25, -0.2) is 4.79 Å². The Balaban J connectivity index is 1.66. The van der Waals surface area contributed by atoms with Crippen molar-refractivity contribution in [3.63, 3.8) is 0 Å². The summed E-state index contributed by atoms with van der Waals surface area (Å²) in [6.07, 6.45) is 1.52. The number of fused-ring (bicyclic) bond motifs is 1. The van der Waals surface area contributed by atoms with Crippen molar-refractivity contribution in [2.24, 2.45) is 5.10 Å². The Kier molecular flexibility index (Phi) is 5.63. The molecule has 3 aromatic carbocycles. The van der Waals surface area contributed by atoms with Gasteiger partial charge in [0, 0.05) is 11.3 Å². The van der Waals surface area contributed by atoms with Crippen LogP contribution in [0.2, 0.25) is 0 Å². The van der Waals surface area contributed by atoms with Crippen LogP contribution in [0.25, 0.3) is 10.8 Å². The van der Waals surface area contributed by atoms with Crippen LogP contribution in [-0.2, 0) is 4.74 Å². The summed E-state index contributed by atoms with van der Waals surface area (Å²) in [7, 11) is 1.33. The molecule has 0 unspecified atom stereocenters. The van der Waals surface area contributed by atoms with Crippen LogP contribution in [0, 0.1) is 0 Å². The highest BCUT2D eigenvalue weighted by molar-refractivity contribution is 7.80. The van der Waals surface area contributed by atoms with Gasteiger partial charge in [-0.15, -0.1) is 0 Å². The molecule has 0 saturated heterocycles. The monoisotopic (exact) mass is 379 g/mol. The number of aromatic hydroxyl groups is 1. The summed E-state index contributed by atoms with van der Waals surface area (Å²) < 4.78 is 4.66. The third-order valence-corrected chi connectivity index (χ3v) is 4.06. The van der Waals surface area contributed by atoms with Crippen molar-refractivity contribution in [1.29, 1.82) is 0 Å². The van der Waals surface area contributed by atoms with Crippen molar-refractivity contribution in [2.45, 2.75) is 0 Å². The molecule has 3 rings (SSSR count). The van der Waals surface area contributed by atoms with E-state index in [2.05, 4.69) is 20.6 Å². The summed E-state index contributed by atoms with van der Waals surface area (Å²) in [5, 5.41) is 19.3. The van der Waals surface area contributed by atoms with Crippen molar-refractivity contribution in [2.75, 3.05) is 12.4 Å². The zero-order chi connectivity index (χ0) is 19.2. The Bertz CT molecular complexity index is 1020. The number of anilines is 1. The van der Waals surface area contributed by atoms with Crippen molar-refractivity contribution >= 4 is 46.0 Å². The number of carbonyl (C=O) groups is 1. The summed E-state index contributed by atoms with van der Waals surface area (Å²) in [6.45, 7) is 0. The number of methoxy groups -OCH3 is 1. The summed E-state index contributed by atoms with van der Waals surface area (Å²) in [5.74, 6) is -0.265. The zero-order valence-electron chi connectivity index (χ0n) is 14.5. The van der Waals surface area contributed by atoms with Crippen molar-refractivity contribution < 1.29 is 14.6 Å². The second-order valence-electron chi connectivity index (χ2n) is 5.61. The number of hydrogen-bond donors (Lipinski definition) is 3. The summed E-state index contributed by atoms with van der Waals surface area (Å²) in [5.41, 5.74) is 4.46. The minimum atomic E-state index is -0.401. The Morgan fingerprint density at radius 2 is 1.85 bits per heavy atom. The number of hydrazone groups is 1. The number of nitrogens with zero attached hydrogens (tertiary/aromatic N) is 1. The molecule has 0 bridgehead atoms. The Morgan fingerprint density at radius 1 is 1.11 bits per heavy atom. The van der Waals surface area contributed by atoms with Gasteiger partial charge >= 0.3 is 5.97 Å². The van der Waals surface area contributed by atoms with E-state index in [0.29, 0.717) is 16.8 Å². The first kappa shape index (κ1) is 18.3. The van der Waals surface area contributed by atoms with E-state index in [1.165, 1.54) is 13.3 Å². The van der Waals surface area contributed by atoms with Crippen LogP contribution in [-0.4, -0.2) is 29.5 Å². The number of esters is 1. The van der Waals surface area contributed by atoms with Crippen LogP contribution in [0.1, 0.15) is 15.9 Å². The minimum absolute atomic E-state index is 0.136. The van der Waals surface area contributed by atoms with E-state index >= 15 is 0 Å². The molecule has 0 fully saturated rings. The van der Waals surface area contributed by atoms with Gasteiger partial charge in [-0.1, -0.05) is 30.3 Å². The van der Waals surface area contributed by atoms with E-state index in [1.54, 1.807) is 30.3 Å². The maximum Gasteiger partial charge on any atom is 0.337 e. The van der Waals surface area contributed by atoms with Crippen molar-refractivity contribution in [3.05, 3.63) is 71.8 Å². The first-order valence-electron chi connectivity index (χ1n) is 8.07. The van der Waals surface area contributed by atoms with Gasteiger partial charge in [0.05, 0.1) is 18.9 Å². The molecule has 0 radical (unpaired) electrons. The van der Waals surface area contributed by atoms with Crippen molar-refractivity contribution in [1.82, 2.24) is 5.43 Å². The van der Waals surface area contributed by atoms with E-state index in [4.69, 9.17) is 12.2 Å². The summed E-state index contributed by atoms with van der Waals surface area (Å²) in [4.78, 5) is 11.4. The number of phenols is 1. The van der Waals surface area contributed by atoms with Gasteiger partial charge in [0.1, 0.15) is 5.75 Å². The normalized spacial score (nSPS) is 10.7. The lowest BCUT2D eigenvalue weighted by Crippen LogP contribution is -2.23. The Hall–Kier alpha value is -3.45. The molecule has 0 atom stereocenters. The lowest BCUT2D eigenvalue weighted by atomic mass is 10.0. The highest BCUT2D eigenvalue weighted by atomic mass is 32.1. The van der Waals surface area contributed by atoms with Crippen LogP contribution in [0.5, 0.6) is 5.75 Å². The van der Waals surface area contributed by atoms with Crippen molar-refractivity contribution in [3.8, 4) is 5.75 Å². The average Bonchev–Trinajstić information content (AvgIpc) is 2.69. The van der Waals surface area contributed by atoms with E-state index in [0.717, 1.165) is 10.8 Å². The lowest BCUT2D eigenvalue weighted by Gasteiger charge is -2.08. The molecule has 0 saturated carbocycles. The van der Waals surface area contributed by atoms with E-state index < -0.39 is 5.97 Å². The van der Waals surface area contributed by atoms with E-state index in [-0.39, 0.29) is 10.9 Å². The van der Waals surface area contributed by atoms with Gasteiger partial charge in [0.15, 0.2) is 5.11 Å². The Labute approximate surface area is 161 Å². The SMILES string of the molecule is COC(=O)c1ccc(NC(=S)N/N=C/c2c(O)ccc3ccccc23)cc1. The van der Waals surface area contributed by atoms with Crippen LogP contribution < -0.4 is 10.7 Å². The minimum Gasteiger partial charge on any atom is -0.507 e. The fourth-order valence-electron chi connectivity index (χ4n) is 2.54. The van der Waals surface area contributed by atoms with Crippen LogP contribution in [0.3, 0.4) is 0 Å². The van der Waals surface area contributed by atoms with Gasteiger partial charge in [-0.05, 0) is 53.3 Å². The predicted octanol–water partition coefficient (Wildman–Crippen LogP) is 3.65. The number of phenolic OH excluding ortho intramolecular Hbond substituents is 1. The number of nitrogens with one attached hydrogen (secondary N) is 2. The van der Waals surface area contributed by atoms with E-state index in [9.17, 15) is 9.90 Å². The van der Waals surface area contributed by atoms with E-state index in [1.807, 2.05) is 30.3 Å². The fraction of sp³-hybridized carbons (Fsp3) is 0.0500. The number of hydrogen-bond acceptors (Lipinski definition) is 5. The van der Waals surface area contributed by atoms with Gasteiger partial charge in [0.2, 0.25) is 0 Å². The molecule has 0 amide bonds. The topological polar surface area (TPSA) is 83.0 Å². The summed E-state index contributed by atoms with van der Waals surface area (Å²) in [6, 6.07) is 17.9. The van der Waals surface area contributed by atoms with Gasteiger partial charge in [0.25, 0.3) is 0 Å². The number of benzene rings is 3. The van der Waals surface area contributed by atoms with Gasteiger partial charge in [-0.3, -0.25) is 5.43 Å². The molecule has 0 aliphatic heterocycles. The second kappa shape index (κ2) is 8.29. The van der Waals surface area contributed by atoms with Crippen LogP contribution in [0.4, 0.5) is 5.69 Å². The van der Waals surface area contributed by atoms with Crippen LogP contribution in [0.15, 0.2) is 65.8 Å². The predicted molar refractivity (Wildman–Crippen MR) is 110 cm³/mol. The first-order valence-corrected chi connectivity index (χ1v) is 8.48. The molecular weight excluding hydrogens is 362 g/mol. The highest BCUT2D eigenvalue weighted by Gasteiger charge is 2.06. The summed E-state index contributed by atoms with van der Waals surface area (Å²) >= 11 is 5.20. The maximum atomic E-state index is 11.4. The van der Waals surface area contributed by atoms with Gasteiger partial charge in [-0.2, -0.15) is 5.10 Å². The molecule has 0 spiro atoms. The molecule has 6 nitrogen and oxygen atoms in total. The maximum absolute atomic E-state index is 11.4. The number of carbonyl (C=O) groups excluding carboxylic acids is 1. The smallest absolute Gasteiger partial charge is 0.337 e. The molecule has 0 aromatic heterocycles. The molecule has 0 aliphatic rings. The van der Waals surface area contributed by atoms with Crippen LogP contribution >= 0.6 is 12.2 Å². The second-order valence-corrected chi connectivity index (χ2v) is 6.02. The Morgan fingerprint density at radius 3 is 2.59 bits per heavy atom. The fourth-order valence-corrected chi connectivity index (χ4v) is 2.71. The first-order chi connectivity index (χ1) is 13.1. The van der Waals surface area contributed by atoms with Gasteiger partial charge < -0.3 is 15.2 Å². The molecule has 0 heterocycles. The molecule has 3 aromatic rings. The quantitative estimate of drug-likeness (QED) is 0.278. The molecule has 7 heteroatoms. The zero-order valence-corrected chi connectivity index (χ0v) is 15.3. The number of rotatable bonds is 4. The largest absolute Gasteiger partial charge is 0.507 e. The number of thiocarbonyl (C=S) groups is 1. The average molecular weight is 379 g/mol. The molecule has 0 aliphatic carbocycles. The molecule has 3 N–H and O–H groups in total. The number of ether oxygens (including phenoxy) is 1. The molecular formula is C20H17N3O3S.